The van der Waals surface area contributed by atoms with E-state index in [1.54, 1.807) is 13.2 Å². The summed E-state index contributed by atoms with van der Waals surface area (Å²) in [5.74, 6) is -0.270. The maximum Gasteiger partial charge on any atom is 0.220 e. The van der Waals surface area contributed by atoms with Gasteiger partial charge in [0, 0.05) is 26.7 Å². The first kappa shape index (κ1) is 13.6. The van der Waals surface area contributed by atoms with Crippen LogP contribution in [0.25, 0.3) is 0 Å². The number of aryl methyl sites for hydroxylation is 1. The molecule has 0 aliphatic carbocycles. The second-order valence-electron chi connectivity index (χ2n) is 3.83. The van der Waals surface area contributed by atoms with Crippen LogP contribution >= 0.6 is 0 Å². The zero-order valence-corrected chi connectivity index (χ0v) is 10.0. The summed E-state index contributed by atoms with van der Waals surface area (Å²) >= 11 is 0. The molecule has 4 heteroatoms. The number of carbonyl (C=O) groups is 1. The molecule has 1 N–H and O–H groups in total. The first-order valence-electron chi connectivity index (χ1n) is 5.72. The van der Waals surface area contributed by atoms with Crippen LogP contribution in [0.5, 0.6) is 0 Å². The van der Waals surface area contributed by atoms with Crippen LogP contribution in [-0.4, -0.2) is 26.2 Å². The second-order valence-corrected chi connectivity index (χ2v) is 3.83. The van der Waals surface area contributed by atoms with Gasteiger partial charge in [-0.25, -0.2) is 4.39 Å². The van der Waals surface area contributed by atoms with Gasteiger partial charge in [0.1, 0.15) is 5.82 Å². The van der Waals surface area contributed by atoms with Gasteiger partial charge < -0.3 is 10.1 Å². The average Bonchev–Trinajstić information content (AvgIpc) is 2.32. The molecule has 1 aromatic rings. The summed E-state index contributed by atoms with van der Waals surface area (Å²) in [4.78, 5) is 11.4. The predicted octanol–water partition coefficient (Wildman–Crippen LogP) is 1.91. The number of benzene rings is 1. The highest BCUT2D eigenvalue weighted by Gasteiger charge is 2.02. The van der Waals surface area contributed by atoms with Gasteiger partial charge in [0.15, 0.2) is 0 Å². The fraction of sp³-hybridized carbons (Fsp3) is 0.462. The Morgan fingerprint density at radius 2 is 2.29 bits per heavy atom. The van der Waals surface area contributed by atoms with Crippen LogP contribution < -0.4 is 5.32 Å². The minimum absolute atomic E-state index is 0.00892. The molecule has 3 nitrogen and oxygen atoms in total. The number of ether oxygens (including phenoxy) is 1. The molecule has 0 radical (unpaired) electrons. The third kappa shape index (κ3) is 6.02. The molecule has 0 aliphatic rings. The summed E-state index contributed by atoms with van der Waals surface area (Å²) in [5, 5.41) is 2.79. The average molecular weight is 239 g/mol. The molecule has 0 aliphatic heterocycles. The smallest absolute Gasteiger partial charge is 0.220 e. The number of hydrogen-bond donors (Lipinski definition) is 1. The molecule has 1 rings (SSSR count). The van der Waals surface area contributed by atoms with E-state index in [1.165, 1.54) is 12.1 Å². The third-order valence-corrected chi connectivity index (χ3v) is 2.38. The van der Waals surface area contributed by atoms with Crippen LogP contribution in [0.1, 0.15) is 18.4 Å². The van der Waals surface area contributed by atoms with E-state index in [2.05, 4.69) is 5.32 Å². The van der Waals surface area contributed by atoms with Crippen molar-refractivity contribution in [1.82, 2.24) is 5.32 Å². The lowest BCUT2D eigenvalue weighted by atomic mass is 10.1. The van der Waals surface area contributed by atoms with Crippen LogP contribution in [0.15, 0.2) is 24.3 Å². The molecule has 1 amide bonds. The van der Waals surface area contributed by atoms with E-state index in [0.717, 1.165) is 12.0 Å². The number of nitrogens with one attached hydrogen (secondary N) is 1. The Labute approximate surface area is 101 Å². The van der Waals surface area contributed by atoms with Gasteiger partial charge in [0.05, 0.1) is 0 Å². The van der Waals surface area contributed by atoms with Crippen molar-refractivity contribution in [2.45, 2.75) is 19.3 Å². The zero-order chi connectivity index (χ0) is 12.5. The Balaban J connectivity index is 2.19. The molecule has 0 spiro atoms. The molecule has 0 bridgehead atoms. The summed E-state index contributed by atoms with van der Waals surface area (Å²) in [6.07, 6.45) is 1.76. The molecule has 0 saturated heterocycles. The summed E-state index contributed by atoms with van der Waals surface area (Å²) < 4.78 is 17.7. The largest absolute Gasteiger partial charge is 0.385 e. The minimum Gasteiger partial charge on any atom is -0.385 e. The molecule has 17 heavy (non-hydrogen) atoms. The van der Waals surface area contributed by atoms with Crippen LogP contribution in [0.3, 0.4) is 0 Å². The van der Waals surface area contributed by atoms with Gasteiger partial charge >= 0.3 is 0 Å². The standard InChI is InChI=1S/C13H18FNO2/c1-17-9-3-8-15-13(16)7-6-11-4-2-5-12(14)10-11/h2,4-5,10H,3,6-9H2,1H3,(H,15,16). The minimum atomic E-state index is -0.261. The van der Waals surface area contributed by atoms with Gasteiger partial charge in [-0.2, -0.15) is 0 Å². The van der Waals surface area contributed by atoms with E-state index in [1.807, 2.05) is 6.07 Å². The SMILES string of the molecule is COCCCNC(=O)CCc1cccc(F)c1. The maximum atomic E-state index is 12.9. The van der Waals surface area contributed by atoms with Gasteiger partial charge in [-0.05, 0) is 30.5 Å². The number of hydrogen-bond acceptors (Lipinski definition) is 2. The second kappa shape index (κ2) is 7.79. The van der Waals surface area contributed by atoms with E-state index in [0.29, 0.717) is 26.0 Å². The molecule has 0 heterocycles. The lowest BCUT2D eigenvalue weighted by molar-refractivity contribution is -0.121. The first-order valence-corrected chi connectivity index (χ1v) is 5.72. The monoisotopic (exact) mass is 239 g/mol. The third-order valence-electron chi connectivity index (χ3n) is 2.38. The van der Waals surface area contributed by atoms with Crippen LogP contribution in [0.2, 0.25) is 0 Å². The van der Waals surface area contributed by atoms with Crippen molar-refractivity contribution < 1.29 is 13.9 Å². The molecule has 0 fully saturated rings. The number of methoxy groups -OCH3 is 1. The van der Waals surface area contributed by atoms with Gasteiger partial charge in [-0.1, -0.05) is 12.1 Å². The molecule has 0 unspecified atom stereocenters. The van der Waals surface area contributed by atoms with Gasteiger partial charge in [0.25, 0.3) is 0 Å². The van der Waals surface area contributed by atoms with Crippen LogP contribution in [0.4, 0.5) is 4.39 Å². The fourth-order valence-corrected chi connectivity index (χ4v) is 1.48. The summed E-state index contributed by atoms with van der Waals surface area (Å²) in [6.45, 7) is 1.26. The molecule has 0 atom stereocenters. The molecule has 0 saturated carbocycles. The maximum absolute atomic E-state index is 12.9. The lowest BCUT2D eigenvalue weighted by Crippen LogP contribution is -2.25. The fourth-order valence-electron chi connectivity index (χ4n) is 1.48. The molecular weight excluding hydrogens is 221 g/mol. The van der Waals surface area contributed by atoms with Gasteiger partial charge in [-0.3, -0.25) is 4.79 Å². The molecule has 0 aromatic heterocycles. The van der Waals surface area contributed by atoms with E-state index in [9.17, 15) is 9.18 Å². The van der Waals surface area contributed by atoms with Crippen molar-refractivity contribution in [3.63, 3.8) is 0 Å². The van der Waals surface area contributed by atoms with Gasteiger partial charge in [-0.15, -0.1) is 0 Å². The Hall–Kier alpha value is -1.42. The van der Waals surface area contributed by atoms with Crippen molar-refractivity contribution in [3.05, 3.63) is 35.6 Å². The Bertz CT molecular complexity index is 355. The zero-order valence-electron chi connectivity index (χ0n) is 10.0. The topological polar surface area (TPSA) is 38.3 Å². The van der Waals surface area contributed by atoms with Crippen molar-refractivity contribution in [2.75, 3.05) is 20.3 Å². The van der Waals surface area contributed by atoms with Crippen molar-refractivity contribution in [2.24, 2.45) is 0 Å². The Kier molecular flexibility index (Phi) is 6.25. The number of carbonyl (C=O) groups excluding carboxylic acids is 1. The highest BCUT2D eigenvalue weighted by atomic mass is 19.1. The highest BCUT2D eigenvalue weighted by Crippen LogP contribution is 2.05. The number of halogens is 1. The number of rotatable bonds is 7. The highest BCUT2D eigenvalue weighted by molar-refractivity contribution is 5.76. The van der Waals surface area contributed by atoms with Crippen molar-refractivity contribution >= 4 is 5.91 Å². The molecule has 94 valence electrons. The van der Waals surface area contributed by atoms with Gasteiger partial charge in [0.2, 0.25) is 5.91 Å². The summed E-state index contributed by atoms with van der Waals surface area (Å²) in [7, 11) is 1.63. The number of amides is 1. The first-order chi connectivity index (χ1) is 8.22. The van der Waals surface area contributed by atoms with Crippen LogP contribution in [0, 0.1) is 5.82 Å². The van der Waals surface area contributed by atoms with E-state index >= 15 is 0 Å². The Morgan fingerprint density at radius 3 is 3.00 bits per heavy atom. The summed E-state index contributed by atoms with van der Waals surface area (Å²) in [6, 6.07) is 6.33. The van der Waals surface area contributed by atoms with Crippen molar-refractivity contribution in [3.8, 4) is 0 Å². The predicted molar refractivity (Wildman–Crippen MR) is 64.2 cm³/mol. The van der Waals surface area contributed by atoms with E-state index in [-0.39, 0.29) is 11.7 Å². The molecular formula is C13H18FNO2. The van der Waals surface area contributed by atoms with E-state index < -0.39 is 0 Å². The normalized spacial score (nSPS) is 10.2. The van der Waals surface area contributed by atoms with E-state index in [4.69, 9.17) is 4.74 Å². The van der Waals surface area contributed by atoms with Crippen molar-refractivity contribution in [1.29, 1.82) is 0 Å². The quantitative estimate of drug-likeness (QED) is 0.738. The Morgan fingerprint density at radius 1 is 1.47 bits per heavy atom. The molecule has 1 aromatic carbocycles. The summed E-state index contributed by atoms with van der Waals surface area (Å²) in [5.41, 5.74) is 0.844. The lowest BCUT2D eigenvalue weighted by Gasteiger charge is -2.05. The van der Waals surface area contributed by atoms with Crippen LogP contribution in [-0.2, 0) is 16.0 Å².